The Morgan fingerprint density at radius 3 is 2.65 bits per heavy atom. The van der Waals surface area contributed by atoms with E-state index in [4.69, 9.17) is 0 Å². The van der Waals surface area contributed by atoms with Gasteiger partial charge in [-0.2, -0.15) is 0 Å². The third-order valence-electron chi connectivity index (χ3n) is 4.57. The second-order valence-corrected chi connectivity index (χ2v) is 5.87. The molecule has 1 aliphatic heterocycles. The van der Waals surface area contributed by atoms with E-state index in [-0.39, 0.29) is 0 Å². The second kappa shape index (κ2) is 4.92. The van der Waals surface area contributed by atoms with E-state index in [0.29, 0.717) is 5.92 Å². The largest absolute Gasteiger partial charge is 0.298 e. The fourth-order valence-corrected chi connectivity index (χ4v) is 3.54. The van der Waals surface area contributed by atoms with Crippen molar-refractivity contribution in [2.75, 3.05) is 13.1 Å². The molecular formula is C19H19N. The molecule has 100 valence electrons. The molecule has 2 aromatic rings. The maximum Gasteiger partial charge on any atom is 0.0234 e. The van der Waals surface area contributed by atoms with Crippen molar-refractivity contribution in [3.8, 4) is 0 Å². The fourth-order valence-electron chi connectivity index (χ4n) is 3.54. The van der Waals surface area contributed by atoms with Crippen molar-refractivity contribution in [1.82, 2.24) is 4.90 Å². The van der Waals surface area contributed by atoms with Gasteiger partial charge in [-0.25, -0.2) is 0 Å². The second-order valence-electron chi connectivity index (χ2n) is 5.87. The van der Waals surface area contributed by atoms with E-state index >= 15 is 0 Å². The van der Waals surface area contributed by atoms with Gasteiger partial charge in [-0.3, -0.25) is 4.90 Å². The zero-order valence-electron chi connectivity index (χ0n) is 11.6. The highest BCUT2D eigenvalue weighted by Crippen LogP contribution is 2.41. The Hall–Kier alpha value is -1.86. The number of hydrogen-bond acceptors (Lipinski definition) is 1. The van der Waals surface area contributed by atoms with Crippen molar-refractivity contribution in [3.63, 3.8) is 0 Å². The normalized spacial score (nSPS) is 21.2. The number of likely N-dealkylation sites (tertiary alicyclic amines) is 1. The monoisotopic (exact) mass is 261 g/mol. The third kappa shape index (κ3) is 2.08. The van der Waals surface area contributed by atoms with Gasteiger partial charge in [0.05, 0.1) is 0 Å². The van der Waals surface area contributed by atoms with E-state index < -0.39 is 0 Å². The van der Waals surface area contributed by atoms with Crippen LogP contribution in [-0.4, -0.2) is 18.0 Å². The molecule has 0 radical (unpaired) electrons. The Morgan fingerprint density at radius 1 is 0.950 bits per heavy atom. The molecule has 2 aromatic carbocycles. The molecule has 0 aromatic heterocycles. The van der Waals surface area contributed by atoms with Crippen LogP contribution in [0.3, 0.4) is 0 Å². The van der Waals surface area contributed by atoms with Gasteiger partial charge < -0.3 is 0 Å². The summed E-state index contributed by atoms with van der Waals surface area (Å²) in [5, 5.41) is 0. The standard InChI is InChI=1S/C19H19N/c1-2-6-15(7-3-1)13-20-11-10-17-12-16-8-4-5-9-18(16)19(17)14-20/h1-9,12,19H,10-11,13-14H2. The van der Waals surface area contributed by atoms with Crippen LogP contribution in [0.4, 0.5) is 0 Å². The van der Waals surface area contributed by atoms with Crippen LogP contribution in [0.25, 0.3) is 6.08 Å². The molecule has 1 nitrogen and oxygen atoms in total. The number of nitrogens with zero attached hydrogens (tertiary/aromatic N) is 1. The first-order valence-electron chi connectivity index (χ1n) is 7.46. The maximum atomic E-state index is 2.60. The molecule has 1 unspecified atom stereocenters. The summed E-state index contributed by atoms with van der Waals surface area (Å²) >= 11 is 0. The summed E-state index contributed by atoms with van der Waals surface area (Å²) < 4.78 is 0. The SMILES string of the molecule is C1=C2CCN(Cc3ccccc3)CC2c2ccccc21. The lowest BCUT2D eigenvalue weighted by atomic mass is 9.90. The van der Waals surface area contributed by atoms with E-state index in [9.17, 15) is 0 Å². The highest BCUT2D eigenvalue weighted by Gasteiger charge is 2.30. The molecule has 0 spiro atoms. The number of fused-ring (bicyclic) bond motifs is 3. The smallest absolute Gasteiger partial charge is 0.0234 e. The van der Waals surface area contributed by atoms with Gasteiger partial charge in [-0.15, -0.1) is 0 Å². The lowest BCUT2D eigenvalue weighted by molar-refractivity contribution is 0.234. The first-order chi connectivity index (χ1) is 9.90. The third-order valence-corrected chi connectivity index (χ3v) is 4.57. The predicted molar refractivity (Wildman–Crippen MR) is 83.5 cm³/mol. The van der Waals surface area contributed by atoms with Crippen LogP contribution in [-0.2, 0) is 6.54 Å². The van der Waals surface area contributed by atoms with E-state index in [2.05, 4.69) is 65.6 Å². The summed E-state index contributed by atoms with van der Waals surface area (Å²) in [6.45, 7) is 3.43. The molecule has 1 heteroatoms. The van der Waals surface area contributed by atoms with Gasteiger partial charge in [-0.1, -0.05) is 66.2 Å². The van der Waals surface area contributed by atoms with E-state index in [1.54, 1.807) is 5.57 Å². The van der Waals surface area contributed by atoms with Crippen LogP contribution in [0.1, 0.15) is 29.0 Å². The molecule has 1 saturated heterocycles. The summed E-state index contributed by atoms with van der Waals surface area (Å²) in [5.41, 5.74) is 6.02. The molecule has 1 fully saturated rings. The van der Waals surface area contributed by atoms with Crippen LogP contribution < -0.4 is 0 Å². The zero-order valence-corrected chi connectivity index (χ0v) is 11.6. The Bertz CT molecular complexity index is 642. The first-order valence-corrected chi connectivity index (χ1v) is 7.46. The topological polar surface area (TPSA) is 3.24 Å². The van der Waals surface area contributed by atoms with E-state index in [1.165, 1.54) is 29.7 Å². The zero-order chi connectivity index (χ0) is 13.4. The average molecular weight is 261 g/mol. The van der Waals surface area contributed by atoms with Crippen molar-refractivity contribution < 1.29 is 0 Å². The van der Waals surface area contributed by atoms with Gasteiger partial charge in [0.1, 0.15) is 0 Å². The summed E-state index contributed by atoms with van der Waals surface area (Å²) in [5.74, 6) is 0.628. The van der Waals surface area contributed by atoms with Crippen molar-refractivity contribution in [1.29, 1.82) is 0 Å². The Balaban J connectivity index is 1.54. The molecule has 1 heterocycles. The lowest BCUT2D eigenvalue weighted by Gasteiger charge is -2.33. The predicted octanol–water partition coefficient (Wildman–Crippen LogP) is 4.07. The van der Waals surface area contributed by atoms with Gasteiger partial charge in [0.15, 0.2) is 0 Å². The van der Waals surface area contributed by atoms with Gasteiger partial charge in [0, 0.05) is 25.6 Å². The Labute approximate surface area is 120 Å². The molecule has 0 saturated carbocycles. The van der Waals surface area contributed by atoms with Crippen LogP contribution >= 0.6 is 0 Å². The summed E-state index contributed by atoms with van der Waals surface area (Å²) in [4.78, 5) is 2.60. The van der Waals surface area contributed by atoms with Gasteiger partial charge in [0.25, 0.3) is 0 Å². The molecule has 1 atom stereocenters. The van der Waals surface area contributed by atoms with Crippen molar-refractivity contribution in [2.24, 2.45) is 0 Å². The minimum Gasteiger partial charge on any atom is -0.298 e. The lowest BCUT2D eigenvalue weighted by Crippen LogP contribution is -2.34. The Morgan fingerprint density at radius 2 is 1.75 bits per heavy atom. The quantitative estimate of drug-likeness (QED) is 0.787. The fraction of sp³-hybridized carbons (Fsp3) is 0.263. The molecule has 2 aliphatic rings. The average Bonchev–Trinajstić information content (AvgIpc) is 2.86. The molecule has 4 rings (SSSR count). The number of hydrogen-bond donors (Lipinski definition) is 0. The number of rotatable bonds is 2. The van der Waals surface area contributed by atoms with E-state index in [0.717, 1.165) is 13.1 Å². The summed E-state index contributed by atoms with van der Waals surface area (Å²) in [6, 6.07) is 19.7. The highest BCUT2D eigenvalue weighted by atomic mass is 15.1. The van der Waals surface area contributed by atoms with Gasteiger partial charge >= 0.3 is 0 Å². The van der Waals surface area contributed by atoms with Crippen LogP contribution in [0.15, 0.2) is 60.2 Å². The number of piperidine rings is 1. The minimum atomic E-state index is 0.628. The highest BCUT2D eigenvalue weighted by molar-refractivity contribution is 5.67. The van der Waals surface area contributed by atoms with Crippen molar-refractivity contribution >= 4 is 6.08 Å². The van der Waals surface area contributed by atoms with Crippen LogP contribution in [0.2, 0.25) is 0 Å². The molecule has 0 amide bonds. The summed E-state index contributed by atoms with van der Waals surface area (Å²) in [6.07, 6.45) is 3.63. The van der Waals surface area contributed by atoms with E-state index in [1.807, 2.05) is 0 Å². The summed E-state index contributed by atoms with van der Waals surface area (Å²) in [7, 11) is 0. The minimum absolute atomic E-state index is 0.628. The molecular weight excluding hydrogens is 242 g/mol. The van der Waals surface area contributed by atoms with Crippen LogP contribution in [0.5, 0.6) is 0 Å². The van der Waals surface area contributed by atoms with Crippen molar-refractivity contribution in [2.45, 2.75) is 18.9 Å². The molecule has 20 heavy (non-hydrogen) atoms. The molecule has 1 aliphatic carbocycles. The number of benzene rings is 2. The molecule has 0 bridgehead atoms. The van der Waals surface area contributed by atoms with Crippen molar-refractivity contribution in [3.05, 3.63) is 76.9 Å². The maximum absolute atomic E-state index is 2.60. The van der Waals surface area contributed by atoms with Crippen LogP contribution in [0, 0.1) is 0 Å². The molecule has 0 N–H and O–H groups in total. The first kappa shape index (κ1) is 11.9. The Kier molecular flexibility index (Phi) is 2.93. The van der Waals surface area contributed by atoms with Gasteiger partial charge in [0.2, 0.25) is 0 Å². The van der Waals surface area contributed by atoms with Gasteiger partial charge in [-0.05, 0) is 23.1 Å².